The minimum atomic E-state index is -0.529. The first kappa shape index (κ1) is 27.8. The number of ether oxygens (including phenoxy) is 4. The average Bonchev–Trinajstić information content (AvgIpc) is 2.99. The lowest BCUT2D eigenvalue weighted by Gasteiger charge is -2.39. The van der Waals surface area contributed by atoms with Gasteiger partial charge in [-0.2, -0.15) is 0 Å². The molecule has 6 rings (SSSR count). The second-order valence-corrected chi connectivity index (χ2v) is 9.88. The topological polar surface area (TPSA) is 128 Å². The number of amides is 3. The minimum Gasteiger partial charge on any atom is -0.494 e. The first-order valence-corrected chi connectivity index (χ1v) is 13.3. The SMILES string of the molecule is COc1ccc2cc1OCC(=O)NCc1ccc(cc1)O[C@@H]1CCN(C(=O)c3cc(C)ncc3OC)C[C@@H]1NC2=O. The van der Waals surface area contributed by atoms with E-state index in [9.17, 15) is 14.4 Å². The number of aromatic nitrogens is 1. The van der Waals surface area contributed by atoms with Crippen LogP contribution in [0.1, 0.15) is 38.4 Å². The molecule has 1 fully saturated rings. The molecular weight excluding hydrogens is 528 g/mol. The molecule has 0 saturated carbocycles. The number of likely N-dealkylation sites (tertiary alicyclic amines) is 1. The molecule has 2 N–H and O–H groups in total. The number of carbonyl (C=O) groups is 3. The van der Waals surface area contributed by atoms with Crippen molar-refractivity contribution in [2.24, 2.45) is 0 Å². The van der Waals surface area contributed by atoms with Crippen molar-refractivity contribution in [3.05, 3.63) is 77.1 Å². The van der Waals surface area contributed by atoms with Crippen molar-refractivity contribution >= 4 is 17.7 Å². The van der Waals surface area contributed by atoms with Gasteiger partial charge in [-0.05, 0) is 48.9 Å². The van der Waals surface area contributed by atoms with E-state index in [1.165, 1.54) is 26.5 Å². The van der Waals surface area contributed by atoms with E-state index >= 15 is 0 Å². The highest BCUT2D eigenvalue weighted by Crippen LogP contribution is 2.29. The van der Waals surface area contributed by atoms with Crippen LogP contribution in [0.3, 0.4) is 0 Å². The van der Waals surface area contributed by atoms with Crippen LogP contribution in [0.15, 0.2) is 54.7 Å². The Morgan fingerprint density at radius 3 is 2.59 bits per heavy atom. The summed E-state index contributed by atoms with van der Waals surface area (Å²) in [6.07, 6.45) is 1.61. The largest absolute Gasteiger partial charge is 0.494 e. The van der Waals surface area contributed by atoms with E-state index in [0.717, 1.165) is 5.56 Å². The number of hydrogen-bond donors (Lipinski definition) is 2. The fourth-order valence-electron chi connectivity index (χ4n) is 4.88. The monoisotopic (exact) mass is 560 g/mol. The lowest BCUT2D eigenvalue weighted by atomic mass is 9.99. The first-order chi connectivity index (χ1) is 19.8. The number of nitrogens with zero attached hydrogens (tertiary/aromatic N) is 2. The Morgan fingerprint density at radius 1 is 1.05 bits per heavy atom. The number of methoxy groups -OCH3 is 2. The molecule has 0 radical (unpaired) electrons. The average molecular weight is 561 g/mol. The normalized spacial score (nSPS) is 19.0. The predicted molar refractivity (Wildman–Crippen MR) is 148 cm³/mol. The first-order valence-electron chi connectivity index (χ1n) is 13.3. The standard InChI is InChI=1S/C30H32N4O7/c1-18-12-22(27(39-3)15-31-18)30(37)34-11-10-24-23(16-34)33-29(36)20-6-9-25(38-2)26(13-20)40-17-28(35)32-14-19-4-7-21(41-24)8-5-19/h4-9,12-13,15,23-24H,10-11,14,16-17H2,1-3H3,(H,32,35)(H,33,36)/t23-,24+/m0/s1. The number of aryl methyl sites for hydroxylation is 1. The third kappa shape index (κ3) is 6.34. The Kier molecular flexibility index (Phi) is 8.23. The third-order valence-corrected chi connectivity index (χ3v) is 7.09. The van der Waals surface area contributed by atoms with Gasteiger partial charge < -0.3 is 34.5 Å². The Morgan fingerprint density at radius 2 is 1.83 bits per heavy atom. The lowest BCUT2D eigenvalue weighted by Crippen LogP contribution is -2.58. The van der Waals surface area contributed by atoms with E-state index in [2.05, 4.69) is 15.6 Å². The second kappa shape index (κ2) is 12.2. The van der Waals surface area contributed by atoms with Gasteiger partial charge in [0.15, 0.2) is 18.1 Å². The van der Waals surface area contributed by atoms with E-state index in [0.29, 0.717) is 53.6 Å². The Hall–Kier alpha value is -4.80. The van der Waals surface area contributed by atoms with E-state index in [4.69, 9.17) is 18.9 Å². The van der Waals surface area contributed by atoms with Crippen LogP contribution in [-0.4, -0.2) is 73.7 Å². The van der Waals surface area contributed by atoms with Crippen LogP contribution in [0.25, 0.3) is 0 Å². The summed E-state index contributed by atoms with van der Waals surface area (Å²) in [6.45, 7) is 2.52. The number of piperidine rings is 1. The van der Waals surface area contributed by atoms with Crippen LogP contribution in [0.5, 0.6) is 23.0 Å². The van der Waals surface area contributed by atoms with Crippen LogP contribution in [-0.2, 0) is 11.3 Å². The maximum Gasteiger partial charge on any atom is 0.258 e. The fraction of sp³-hybridized carbons (Fsp3) is 0.333. The number of fused-ring (bicyclic) bond motifs is 7. The summed E-state index contributed by atoms with van der Waals surface area (Å²) < 4.78 is 22.8. The summed E-state index contributed by atoms with van der Waals surface area (Å²) in [5.74, 6) is 0.739. The van der Waals surface area contributed by atoms with Crippen molar-refractivity contribution in [3.63, 3.8) is 0 Å². The summed E-state index contributed by atoms with van der Waals surface area (Å²) in [4.78, 5) is 45.4. The van der Waals surface area contributed by atoms with Gasteiger partial charge in [-0.1, -0.05) is 12.1 Å². The number of nitrogens with one attached hydrogen (secondary N) is 2. The van der Waals surface area contributed by atoms with Crippen molar-refractivity contribution in [1.82, 2.24) is 20.5 Å². The summed E-state index contributed by atoms with van der Waals surface area (Å²) in [7, 11) is 2.98. The van der Waals surface area contributed by atoms with Crippen LogP contribution in [0.4, 0.5) is 0 Å². The molecule has 0 aliphatic carbocycles. The molecule has 0 unspecified atom stereocenters. The maximum atomic E-state index is 13.6. The van der Waals surface area contributed by atoms with Crippen molar-refractivity contribution in [3.8, 4) is 23.0 Å². The van der Waals surface area contributed by atoms with Gasteiger partial charge in [0.05, 0.1) is 32.0 Å². The highest BCUT2D eigenvalue weighted by atomic mass is 16.5. The summed E-state index contributed by atoms with van der Waals surface area (Å²) in [6, 6.07) is 13.3. The molecule has 11 nitrogen and oxygen atoms in total. The molecule has 2 atom stereocenters. The molecule has 41 heavy (non-hydrogen) atoms. The van der Waals surface area contributed by atoms with E-state index in [-0.39, 0.29) is 36.6 Å². The third-order valence-electron chi connectivity index (χ3n) is 7.09. The van der Waals surface area contributed by atoms with Crippen LogP contribution < -0.4 is 29.6 Å². The van der Waals surface area contributed by atoms with Gasteiger partial charge in [0.2, 0.25) is 0 Å². The van der Waals surface area contributed by atoms with Crippen LogP contribution in [0.2, 0.25) is 0 Å². The molecule has 3 amide bonds. The summed E-state index contributed by atoms with van der Waals surface area (Å²) in [5, 5.41) is 5.88. The zero-order chi connectivity index (χ0) is 28.9. The molecule has 11 heteroatoms. The van der Waals surface area contributed by atoms with Gasteiger partial charge >= 0.3 is 0 Å². The molecule has 1 saturated heterocycles. The molecule has 0 spiro atoms. The molecule has 3 aliphatic heterocycles. The van der Waals surface area contributed by atoms with Crippen LogP contribution >= 0.6 is 0 Å². The molecule has 2 aromatic carbocycles. The summed E-state index contributed by atoms with van der Waals surface area (Å²) in [5.41, 5.74) is 2.30. The molecule has 4 bridgehead atoms. The minimum absolute atomic E-state index is 0.218. The Bertz CT molecular complexity index is 1440. The molecule has 4 heterocycles. The smallest absolute Gasteiger partial charge is 0.258 e. The van der Waals surface area contributed by atoms with Gasteiger partial charge in [0, 0.05) is 37.3 Å². The van der Waals surface area contributed by atoms with Gasteiger partial charge in [-0.25, -0.2) is 0 Å². The maximum absolute atomic E-state index is 13.6. The Balaban J connectivity index is 1.45. The van der Waals surface area contributed by atoms with Crippen molar-refractivity contribution in [1.29, 1.82) is 0 Å². The number of carbonyl (C=O) groups excluding carboxylic acids is 3. The number of benzene rings is 2. The quantitative estimate of drug-likeness (QED) is 0.500. The van der Waals surface area contributed by atoms with Crippen molar-refractivity contribution in [2.75, 3.05) is 33.9 Å². The van der Waals surface area contributed by atoms with Crippen molar-refractivity contribution in [2.45, 2.75) is 32.0 Å². The molecule has 3 aliphatic rings. The molecule has 1 aromatic heterocycles. The zero-order valence-corrected chi connectivity index (χ0v) is 23.1. The van der Waals surface area contributed by atoms with Gasteiger partial charge in [-0.3, -0.25) is 19.4 Å². The van der Waals surface area contributed by atoms with Crippen molar-refractivity contribution < 1.29 is 33.3 Å². The predicted octanol–water partition coefficient (Wildman–Crippen LogP) is 2.51. The van der Waals surface area contributed by atoms with Crippen LogP contribution in [0, 0.1) is 6.92 Å². The highest BCUT2D eigenvalue weighted by Gasteiger charge is 2.35. The molecular formula is C30H32N4O7. The zero-order valence-electron chi connectivity index (χ0n) is 23.1. The van der Waals surface area contributed by atoms with E-state index in [1.807, 2.05) is 31.2 Å². The molecule has 214 valence electrons. The number of rotatable bonds is 3. The number of pyridine rings is 1. The van der Waals surface area contributed by atoms with Gasteiger partial charge in [-0.15, -0.1) is 0 Å². The highest BCUT2D eigenvalue weighted by molar-refractivity contribution is 5.97. The van der Waals surface area contributed by atoms with Gasteiger partial charge in [0.1, 0.15) is 17.6 Å². The lowest BCUT2D eigenvalue weighted by molar-refractivity contribution is -0.123. The van der Waals surface area contributed by atoms with E-state index < -0.39 is 12.1 Å². The molecule has 3 aromatic rings. The summed E-state index contributed by atoms with van der Waals surface area (Å²) >= 11 is 0. The van der Waals surface area contributed by atoms with E-state index in [1.54, 1.807) is 23.1 Å². The fourth-order valence-corrected chi connectivity index (χ4v) is 4.88. The number of hydrogen-bond acceptors (Lipinski definition) is 8. The van der Waals surface area contributed by atoms with Gasteiger partial charge in [0.25, 0.3) is 17.7 Å². The Labute approximate surface area is 237 Å². The second-order valence-electron chi connectivity index (χ2n) is 9.88.